The van der Waals surface area contributed by atoms with Crippen LogP contribution in [0.1, 0.15) is 16.8 Å². The molecule has 2 aromatic heterocycles. The van der Waals surface area contributed by atoms with E-state index in [1.165, 1.54) is 0 Å². The number of aryl methyl sites for hydroxylation is 3. The number of aliphatic hydroxyl groups excluding tert-OH is 1. The van der Waals surface area contributed by atoms with E-state index in [1.54, 1.807) is 11.7 Å². The largest absolute Gasteiger partial charge is 0.404 e. The third kappa shape index (κ3) is 1.44. The first-order chi connectivity index (χ1) is 7.56. The van der Waals surface area contributed by atoms with E-state index >= 15 is 0 Å². The van der Waals surface area contributed by atoms with Gasteiger partial charge in [0.05, 0.1) is 11.1 Å². The highest BCUT2D eigenvalue weighted by atomic mass is 16.4. The van der Waals surface area contributed by atoms with Crippen molar-refractivity contribution in [2.24, 2.45) is 7.05 Å². The van der Waals surface area contributed by atoms with Crippen molar-refractivity contribution in [2.75, 3.05) is 6.61 Å². The fourth-order valence-corrected chi connectivity index (χ4v) is 2.04. The Hall–Kier alpha value is -1.62. The molecule has 2 rings (SSSR count). The topological polar surface area (TPSA) is 68.3 Å². The first-order valence-corrected chi connectivity index (χ1v) is 5.13. The van der Waals surface area contributed by atoms with Gasteiger partial charge < -0.3 is 9.52 Å². The van der Waals surface area contributed by atoms with Crippen LogP contribution in [-0.4, -0.2) is 21.5 Å². The van der Waals surface area contributed by atoms with Crippen molar-refractivity contribution in [1.29, 1.82) is 0 Å². The minimum atomic E-state index is -0.387. The van der Waals surface area contributed by atoms with E-state index in [0.717, 1.165) is 16.6 Å². The molecule has 0 aliphatic carbocycles. The molecule has 1 N–H and O–H groups in total. The van der Waals surface area contributed by atoms with E-state index in [2.05, 4.69) is 5.10 Å². The van der Waals surface area contributed by atoms with E-state index in [-0.39, 0.29) is 12.2 Å². The van der Waals surface area contributed by atoms with Crippen molar-refractivity contribution in [3.05, 3.63) is 27.2 Å². The lowest BCUT2D eigenvalue weighted by Gasteiger charge is -2.03. The zero-order chi connectivity index (χ0) is 11.9. The summed E-state index contributed by atoms with van der Waals surface area (Å²) in [5, 5.41) is 14.0. The molecular formula is C11H14N2O3. The highest BCUT2D eigenvalue weighted by Gasteiger charge is 2.16. The average Bonchev–Trinajstić information content (AvgIpc) is 2.49. The third-order valence-corrected chi connectivity index (χ3v) is 2.79. The fraction of sp³-hybridized carbons (Fsp3) is 0.455. The van der Waals surface area contributed by atoms with Crippen molar-refractivity contribution in [3.8, 4) is 0 Å². The van der Waals surface area contributed by atoms with Crippen LogP contribution >= 0.6 is 0 Å². The van der Waals surface area contributed by atoms with E-state index in [4.69, 9.17) is 9.52 Å². The lowest BCUT2D eigenvalue weighted by atomic mass is 10.1. The Bertz CT molecular complexity index is 595. The summed E-state index contributed by atoms with van der Waals surface area (Å²) in [4.78, 5) is 11.7. The van der Waals surface area contributed by atoms with Crippen LogP contribution in [0.4, 0.5) is 0 Å². The summed E-state index contributed by atoms with van der Waals surface area (Å²) in [7, 11) is 1.74. The molecule has 0 aliphatic heterocycles. The van der Waals surface area contributed by atoms with Gasteiger partial charge in [0.2, 0.25) is 5.71 Å². The molecule has 0 aromatic carbocycles. The quantitative estimate of drug-likeness (QED) is 0.811. The first-order valence-electron chi connectivity index (χ1n) is 5.13. The second-order valence-corrected chi connectivity index (χ2v) is 3.86. The van der Waals surface area contributed by atoms with Crippen molar-refractivity contribution in [1.82, 2.24) is 9.78 Å². The molecule has 0 spiro atoms. The highest BCUT2D eigenvalue weighted by Crippen LogP contribution is 2.22. The van der Waals surface area contributed by atoms with Gasteiger partial charge in [-0.1, -0.05) is 0 Å². The molecule has 86 valence electrons. The van der Waals surface area contributed by atoms with Gasteiger partial charge in [-0.25, -0.2) is 9.48 Å². The molecule has 0 bridgehead atoms. The van der Waals surface area contributed by atoms with Gasteiger partial charge in [-0.15, -0.1) is 0 Å². The molecule has 0 unspecified atom stereocenters. The van der Waals surface area contributed by atoms with Crippen molar-refractivity contribution < 1.29 is 9.52 Å². The summed E-state index contributed by atoms with van der Waals surface area (Å²) in [6, 6.07) is 0. The highest BCUT2D eigenvalue weighted by molar-refractivity contribution is 5.81. The molecule has 0 atom stereocenters. The monoisotopic (exact) mass is 222 g/mol. The molecule has 0 saturated heterocycles. The second kappa shape index (κ2) is 3.75. The number of aromatic nitrogens is 2. The predicted molar refractivity (Wildman–Crippen MR) is 59.5 cm³/mol. The second-order valence-electron chi connectivity index (χ2n) is 3.86. The number of rotatable bonds is 2. The van der Waals surface area contributed by atoms with Crippen LogP contribution in [0.25, 0.3) is 11.1 Å². The van der Waals surface area contributed by atoms with Crippen LogP contribution in [0.3, 0.4) is 0 Å². The maximum absolute atomic E-state index is 11.7. The number of aliphatic hydroxyl groups is 1. The Balaban J connectivity index is 2.87. The maximum atomic E-state index is 11.7. The van der Waals surface area contributed by atoms with Gasteiger partial charge in [0.15, 0.2) is 0 Å². The summed E-state index contributed by atoms with van der Waals surface area (Å²) >= 11 is 0. The molecule has 5 heteroatoms. The number of hydrogen-bond donors (Lipinski definition) is 1. The molecule has 0 amide bonds. The average molecular weight is 222 g/mol. The SMILES string of the molecule is Cc1nn(C)c2oc(=O)c(CCO)c(C)c12. The molecule has 2 heterocycles. The summed E-state index contributed by atoms with van der Waals surface area (Å²) < 4.78 is 6.77. The summed E-state index contributed by atoms with van der Waals surface area (Å²) in [6.07, 6.45) is 0.318. The van der Waals surface area contributed by atoms with Crippen LogP contribution < -0.4 is 5.63 Å². The van der Waals surface area contributed by atoms with Gasteiger partial charge in [0.25, 0.3) is 0 Å². The Labute approximate surface area is 92.3 Å². The Morgan fingerprint density at radius 3 is 2.75 bits per heavy atom. The molecule has 5 nitrogen and oxygen atoms in total. The van der Waals surface area contributed by atoms with Crippen LogP contribution in [-0.2, 0) is 13.5 Å². The summed E-state index contributed by atoms with van der Waals surface area (Å²) in [5.41, 5.74) is 2.32. The maximum Gasteiger partial charge on any atom is 0.341 e. The molecule has 0 fully saturated rings. The molecule has 2 aromatic rings. The van der Waals surface area contributed by atoms with Crippen molar-refractivity contribution in [2.45, 2.75) is 20.3 Å². The Morgan fingerprint density at radius 2 is 2.12 bits per heavy atom. The first kappa shape index (κ1) is 10.9. The van der Waals surface area contributed by atoms with Crippen LogP contribution in [0.5, 0.6) is 0 Å². The standard InChI is InChI=1S/C11H14N2O3/c1-6-8(4-5-14)11(15)16-10-9(6)7(2)12-13(10)3/h14H,4-5H2,1-3H3. The summed E-state index contributed by atoms with van der Waals surface area (Å²) in [5.74, 6) is 0. The van der Waals surface area contributed by atoms with Gasteiger partial charge in [-0.3, -0.25) is 0 Å². The number of nitrogens with zero attached hydrogens (tertiary/aromatic N) is 2. The number of fused-ring (bicyclic) bond motifs is 1. The Morgan fingerprint density at radius 1 is 1.44 bits per heavy atom. The lowest BCUT2D eigenvalue weighted by Crippen LogP contribution is -2.12. The summed E-state index contributed by atoms with van der Waals surface area (Å²) in [6.45, 7) is 3.67. The fourth-order valence-electron chi connectivity index (χ4n) is 2.04. The third-order valence-electron chi connectivity index (χ3n) is 2.79. The minimum Gasteiger partial charge on any atom is -0.404 e. The van der Waals surface area contributed by atoms with Gasteiger partial charge in [-0.05, 0) is 19.4 Å². The molecule has 0 radical (unpaired) electrons. The van der Waals surface area contributed by atoms with Crippen LogP contribution in [0, 0.1) is 13.8 Å². The molecule has 0 aliphatic rings. The van der Waals surface area contributed by atoms with E-state index in [0.29, 0.717) is 17.7 Å². The van der Waals surface area contributed by atoms with Gasteiger partial charge in [0, 0.05) is 25.6 Å². The van der Waals surface area contributed by atoms with Crippen molar-refractivity contribution >= 4 is 11.1 Å². The zero-order valence-electron chi connectivity index (χ0n) is 9.57. The van der Waals surface area contributed by atoms with E-state index in [1.807, 2.05) is 13.8 Å². The van der Waals surface area contributed by atoms with Crippen LogP contribution in [0.2, 0.25) is 0 Å². The van der Waals surface area contributed by atoms with Crippen LogP contribution in [0.15, 0.2) is 9.21 Å². The zero-order valence-corrected chi connectivity index (χ0v) is 9.57. The van der Waals surface area contributed by atoms with E-state index < -0.39 is 0 Å². The smallest absolute Gasteiger partial charge is 0.341 e. The van der Waals surface area contributed by atoms with Gasteiger partial charge >= 0.3 is 5.63 Å². The predicted octanol–water partition coefficient (Wildman–Crippen LogP) is 0.678. The molecule has 16 heavy (non-hydrogen) atoms. The van der Waals surface area contributed by atoms with Crippen molar-refractivity contribution in [3.63, 3.8) is 0 Å². The Kier molecular flexibility index (Phi) is 2.55. The van der Waals surface area contributed by atoms with E-state index in [9.17, 15) is 4.79 Å². The van der Waals surface area contributed by atoms with Gasteiger partial charge in [0.1, 0.15) is 0 Å². The molecular weight excluding hydrogens is 208 g/mol. The minimum absolute atomic E-state index is 0.0591. The number of hydrogen-bond acceptors (Lipinski definition) is 4. The molecule has 0 saturated carbocycles. The van der Waals surface area contributed by atoms with Gasteiger partial charge in [-0.2, -0.15) is 5.10 Å². The normalized spacial score (nSPS) is 11.2. The lowest BCUT2D eigenvalue weighted by molar-refractivity contribution is 0.297.